The quantitative estimate of drug-likeness (QED) is 0.684. The minimum Gasteiger partial charge on any atom is -0.338 e. The lowest BCUT2D eigenvalue weighted by Crippen LogP contribution is -2.28. The van der Waals surface area contributed by atoms with Crippen LogP contribution in [-0.2, 0) is 16.1 Å². The van der Waals surface area contributed by atoms with Crippen LogP contribution in [0.2, 0.25) is 0 Å². The lowest BCUT2D eigenvalue weighted by atomic mass is 10.0. The smallest absolute Gasteiger partial charge is 0.231 e. The molecule has 1 aliphatic heterocycles. The van der Waals surface area contributed by atoms with Gasteiger partial charge in [-0.3, -0.25) is 9.59 Å². The van der Waals surface area contributed by atoms with Gasteiger partial charge < -0.3 is 10.2 Å². The summed E-state index contributed by atoms with van der Waals surface area (Å²) in [5, 5.41) is 5.42. The van der Waals surface area contributed by atoms with Crippen LogP contribution in [0.3, 0.4) is 0 Å². The van der Waals surface area contributed by atoms with Crippen LogP contribution in [0.5, 0.6) is 0 Å². The van der Waals surface area contributed by atoms with Gasteiger partial charge in [-0.25, -0.2) is 4.98 Å². The maximum absolute atomic E-state index is 12.7. The van der Waals surface area contributed by atoms with Crippen molar-refractivity contribution in [1.82, 2.24) is 9.88 Å². The molecule has 4 rings (SSSR count). The van der Waals surface area contributed by atoms with Crippen molar-refractivity contribution < 1.29 is 9.59 Å². The van der Waals surface area contributed by atoms with E-state index in [4.69, 9.17) is 0 Å². The number of rotatable bonds is 5. The molecule has 5 nitrogen and oxygen atoms in total. The average molecular weight is 406 g/mol. The molecule has 0 aliphatic carbocycles. The van der Waals surface area contributed by atoms with Gasteiger partial charge in [0, 0.05) is 30.5 Å². The summed E-state index contributed by atoms with van der Waals surface area (Å²) in [6.45, 7) is 5.10. The molecular formula is C23H23N3O2S. The van der Waals surface area contributed by atoms with Gasteiger partial charge in [-0.15, -0.1) is 11.3 Å². The summed E-state index contributed by atoms with van der Waals surface area (Å²) in [6, 6.07) is 16.1. The predicted molar refractivity (Wildman–Crippen MR) is 116 cm³/mol. The van der Waals surface area contributed by atoms with Crippen LogP contribution in [0.15, 0.2) is 53.9 Å². The van der Waals surface area contributed by atoms with E-state index in [1.807, 2.05) is 35.7 Å². The Hall–Kier alpha value is -2.99. The molecule has 2 amide bonds. The van der Waals surface area contributed by atoms with Gasteiger partial charge >= 0.3 is 0 Å². The van der Waals surface area contributed by atoms with Crippen LogP contribution in [-0.4, -0.2) is 28.2 Å². The van der Waals surface area contributed by atoms with Crippen molar-refractivity contribution in [1.29, 1.82) is 0 Å². The highest BCUT2D eigenvalue weighted by Gasteiger charge is 2.34. The number of nitrogens with zero attached hydrogens (tertiary/aromatic N) is 2. The maximum Gasteiger partial charge on any atom is 0.231 e. The van der Waals surface area contributed by atoms with Crippen molar-refractivity contribution in [2.24, 2.45) is 5.92 Å². The Morgan fingerprint density at radius 3 is 2.76 bits per heavy atom. The largest absolute Gasteiger partial charge is 0.338 e. The molecule has 0 bridgehead atoms. The zero-order chi connectivity index (χ0) is 20.4. The van der Waals surface area contributed by atoms with E-state index >= 15 is 0 Å². The SMILES string of the molecule is Cc1ccc(-c2csc(NC(=O)C3CC(=O)N(Cc4ccccc4)C3)n2)c(C)c1. The van der Waals surface area contributed by atoms with Crippen molar-refractivity contribution in [2.45, 2.75) is 26.8 Å². The van der Waals surface area contributed by atoms with Crippen LogP contribution in [0.25, 0.3) is 11.3 Å². The number of carbonyl (C=O) groups excluding carboxylic acids is 2. The molecule has 1 fully saturated rings. The van der Waals surface area contributed by atoms with Gasteiger partial charge in [0.2, 0.25) is 11.8 Å². The molecule has 1 saturated heterocycles. The fraction of sp³-hybridized carbons (Fsp3) is 0.261. The lowest BCUT2D eigenvalue weighted by Gasteiger charge is -2.16. The minimum atomic E-state index is -0.348. The average Bonchev–Trinajstić information content (AvgIpc) is 3.30. The van der Waals surface area contributed by atoms with Crippen LogP contribution in [0.1, 0.15) is 23.1 Å². The molecule has 1 unspecified atom stereocenters. The van der Waals surface area contributed by atoms with E-state index < -0.39 is 0 Å². The number of carbonyl (C=O) groups is 2. The highest BCUT2D eigenvalue weighted by molar-refractivity contribution is 7.14. The Morgan fingerprint density at radius 1 is 1.21 bits per heavy atom. The number of thiazole rings is 1. The fourth-order valence-corrected chi connectivity index (χ4v) is 4.38. The number of amides is 2. The van der Waals surface area contributed by atoms with Gasteiger partial charge in [-0.2, -0.15) is 0 Å². The first-order valence-electron chi connectivity index (χ1n) is 9.65. The van der Waals surface area contributed by atoms with E-state index in [0.29, 0.717) is 18.2 Å². The molecule has 2 aromatic carbocycles. The normalized spacial score (nSPS) is 16.3. The second-order valence-electron chi connectivity index (χ2n) is 7.51. The summed E-state index contributed by atoms with van der Waals surface area (Å²) in [6.07, 6.45) is 0.244. The van der Waals surface area contributed by atoms with Crippen molar-refractivity contribution in [3.8, 4) is 11.3 Å². The topological polar surface area (TPSA) is 62.3 Å². The standard InChI is InChI=1S/C23H23N3O2S/c1-15-8-9-19(16(2)10-15)20-14-29-23(24-20)25-22(28)18-11-21(27)26(13-18)12-17-6-4-3-5-7-17/h3-10,14,18H,11-13H2,1-2H3,(H,24,25,28). The summed E-state index contributed by atoms with van der Waals surface area (Å²) in [4.78, 5) is 31.4. The van der Waals surface area contributed by atoms with E-state index in [1.54, 1.807) is 4.90 Å². The molecule has 0 saturated carbocycles. The van der Waals surface area contributed by atoms with Crippen LogP contribution < -0.4 is 5.32 Å². The first kappa shape index (κ1) is 19.3. The Labute approximate surface area is 174 Å². The van der Waals surface area contributed by atoms with Crippen molar-refractivity contribution >= 4 is 28.3 Å². The fourth-order valence-electron chi connectivity index (χ4n) is 3.67. The zero-order valence-corrected chi connectivity index (χ0v) is 17.3. The molecule has 29 heavy (non-hydrogen) atoms. The number of aromatic nitrogens is 1. The highest BCUT2D eigenvalue weighted by atomic mass is 32.1. The van der Waals surface area contributed by atoms with Gasteiger partial charge in [0.1, 0.15) is 0 Å². The van der Waals surface area contributed by atoms with Gasteiger partial charge in [0.15, 0.2) is 5.13 Å². The van der Waals surface area contributed by atoms with Crippen molar-refractivity contribution in [2.75, 3.05) is 11.9 Å². The third-order valence-corrected chi connectivity index (χ3v) is 5.95. The van der Waals surface area contributed by atoms with E-state index in [9.17, 15) is 9.59 Å². The molecule has 1 N–H and O–H groups in total. The van der Waals surface area contributed by atoms with Crippen LogP contribution >= 0.6 is 11.3 Å². The number of aryl methyl sites for hydroxylation is 2. The zero-order valence-electron chi connectivity index (χ0n) is 16.5. The van der Waals surface area contributed by atoms with Gasteiger partial charge in [-0.1, -0.05) is 54.1 Å². The second-order valence-corrected chi connectivity index (χ2v) is 8.36. The number of benzene rings is 2. The number of hydrogen-bond donors (Lipinski definition) is 1. The number of hydrogen-bond acceptors (Lipinski definition) is 4. The molecule has 148 valence electrons. The predicted octanol–water partition coefficient (Wildman–Crippen LogP) is 4.41. The highest BCUT2D eigenvalue weighted by Crippen LogP contribution is 2.29. The summed E-state index contributed by atoms with van der Waals surface area (Å²) >= 11 is 1.41. The number of likely N-dealkylation sites (tertiary alicyclic amines) is 1. The third kappa shape index (κ3) is 4.38. The lowest BCUT2D eigenvalue weighted by molar-refractivity contribution is -0.128. The van der Waals surface area contributed by atoms with Gasteiger partial charge in [0.05, 0.1) is 11.6 Å². The molecule has 2 heterocycles. The molecule has 6 heteroatoms. The molecule has 0 spiro atoms. The van der Waals surface area contributed by atoms with Gasteiger partial charge in [0.25, 0.3) is 0 Å². The van der Waals surface area contributed by atoms with Crippen LogP contribution in [0, 0.1) is 19.8 Å². The number of anilines is 1. The summed E-state index contributed by atoms with van der Waals surface area (Å²) in [7, 11) is 0. The van der Waals surface area contributed by atoms with E-state index in [0.717, 1.165) is 22.4 Å². The summed E-state index contributed by atoms with van der Waals surface area (Å²) in [5.41, 5.74) is 5.36. The Bertz CT molecular complexity index is 1050. The summed E-state index contributed by atoms with van der Waals surface area (Å²) < 4.78 is 0. The first-order chi connectivity index (χ1) is 14.0. The summed E-state index contributed by atoms with van der Waals surface area (Å²) in [5.74, 6) is -0.473. The van der Waals surface area contributed by atoms with E-state index in [2.05, 4.69) is 42.3 Å². The number of nitrogens with one attached hydrogen (secondary N) is 1. The van der Waals surface area contributed by atoms with Crippen molar-refractivity contribution in [3.05, 3.63) is 70.6 Å². The Balaban J connectivity index is 1.40. The molecule has 1 aromatic heterocycles. The minimum absolute atomic E-state index is 0.0177. The molecular weight excluding hydrogens is 382 g/mol. The monoisotopic (exact) mass is 405 g/mol. The Kier molecular flexibility index (Phi) is 5.45. The molecule has 0 radical (unpaired) electrons. The Morgan fingerprint density at radius 2 is 2.00 bits per heavy atom. The molecule has 3 aromatic rings. The molecule has 1 atom stereocenters. The third-order valence-electron chi connectivity index (χ3n) is 5.19. The van der Waals surface area contributed by atoms with Crippen molar-refractivity contribution in [3.63, 3.8) is 0 Å². The van der Waals surface area contributed by atoms with E-state index in [1.165, 1.54) is 16.9 Å². The maximum atomic E-state index is 12.7. The second kappa shape index (κ2) is 8.17. The van der Waals surface area contributed by atoms with Crippen LogP contribution in [0.4, 0.5) is 5.13 Å². The van der Waals surface area contributed by atoms with E-state index in [-0.39, 0.29) is 24.2 Å². The first-order valence-corrected chi connectivity index (χ1v) is 10.5. The molecule has 1 aliphatic rings. The van der Waals surface area contributed by atoms with Gasteiger partial charge in [-0.05, 0) is 25.0 Å².